The number of nitrogens with one attached hydrogen (secondary N) is 1. The minimum absolute atomic E-state index is 0.0356. The summed E-state index contributed by atoms with van der Waals surface area (Å²) in [4.78, 5) is 26.8. The first-order valence-electron chi connectivity index (χ1n) is 10.1. The second-order valence-electron chi connectivity index (χ2n) is 7.12. The Labute approximate surface area is 181 Å². The number of carbonyl (C=O) groups excluding carboxylic acids is 2. The summed E-state index contributed by atoms with van der Waals surface area (Å²) in [5, 5.41) is 12.3. The maximum Gasteiger partial charge on any atom is 0.227 e. The summed E-state index contributed by atoms with van der Waals surface area (Å²) >= 11 is 1.34. The topological polar surface area (TPSA) is 75.2 Å². The largest absolute Gasteiger partial charge is 0.342 e. The SMILES string of the molecule is CCCN(CCC(=O)Nc1nnc(-c2cccc(C)c2)s1)C(=O)Cc1ccccc1. The zero-order chi connectivity index (χ0) is 21.3. The lowest BCUT2D eigenvalue weighted by Gasteiger charge is -2.22. The molecule has 1 aromatic heterocycles. The number of hydrogen-bond donors (Lipinski definition) is 1. The van der Waals surface area contributed by atoms with Crippen molar-refractivity contribution in [3.05, 3.63) is 65.7 Å². The summed E-state index contributed by atoms with van der Waals surface area (Å²) < 4.78 is 0. The molecular formula is C23H26N4O2S. The molecule has 0 aliphatic heterocycles. The van der Waals surface area contributed by atoms with Crippen LogP contribution in [-0.2, 0) is 16.0 Å². The number of aryl methyl sites for hydroxylation is 1. The first-order valence-corrected chi connectivity index (χ1v) is 10.9. The average Bonchev–Trinajstić information content (AvgIpc) is 3.20. The monoisotopic (exact) mass is 422 g/mol. The van der Waals surface area contributed by atoms with E-state index in [4.69, 9.17) is 0 Å². The van der Waals surface area contributed by atoms with Crippen LogP contribution >= 0.6 is 11.3 Å². The Balaban J connectivity index is 1.54. The van der Waals surface area contributed by atoms with Crippen molar-refractivity contribution in [2.45, 2.75) is 33.1 Å². The number of aromatic nitrogens is 2. The Hall–Kier alpha value is -3.06. The number of nitrogens with zero attached hydrogens (tertiary/aromatic N) is 3. The number of anilines is 1. The smallest absolute Gasteiger partial charge is 0.227 e. The third kappa shape index (κ3) is 6.22. The highest BCUT2D eigenvalue weighted by Crippen LogP contribution is 2.26. The molecule has 6 nitrogen and oxygen atoms in total. The Morgan fingerprint density at radius 2 is 1.83 bits per heavy atom. The molecule has 0 bridgehead atoms. The molecule has 0 radical (unpaired) electrons. The van der Waals surface area contributed by atoms with Gasteiger partial charge in [0.1, 0.15) is 5.01 Å². The van der Waals surface area contributed by atoms with Crippen molar-refractivity contribution < 1.29 is 9.59 Å². The Morgan fingerprint density at radius 3 is 2.57 bits per heavy atom. The van der Waals surface area contributed by atoms with Gasteiger partial charge < -0.3 is 10.2 Å². The molecular weight excluding hydrogens is 396 g/mol. The van der Waals surface area contributed by atoms with Crippen molar-refractivity contribution in [2.75, 3.05) is 18.4 Å². The summed E-state index contributed by atoms with van der Waals surface area (Å²) in [6.07, 6.45) is 1.41. The normalized spacial score (nSPS) is 10.6. The second kappa shape index (κ2) is 10.6. The molecule has 3 aromatic rings. The highest BCUT2D eigenvalue weighted by atomic mass is 32.1. The van der Waals surface area contributed by atoms with Gasteiger partial charge in [0, 0.05) is 25.1 Å². The van der Waals surface area contributed by atoms with Crippen molar-refractivity contribution in [1.82, 2.24) is 15.1 Å². The van der Waals surface area contributed by atoms with Crippen molar-refractivity contribution in [3.63, 3.8) is 0 Å². The van der Waals surface area contributed by atoms with E-state index in [1.807, 2.05) is 68.4 Å². The van der Waals surface area contributed by atoms with E-state index in [9.17, 15) is 9.59 Å². The fourth-order valence-electron chi connectivity index (χ4n) is 3.10. The van der Waals surface area contributed by atoms with Gasteiger partial charge >= 0.3 is 0 Å². The van der Waals surface area contributed by atoms with Gasteiger partial charge in [-0.2, -0.15) is 0 Å². The molecule has 2 amide bonds. The van der Waals surface area contributed by atoms with Gasteiger partial charge in [0.2, 0.25) is 16.9 Å². The molecule has 0 unspecified atom stereocenters. The van der Waals surface area contributed by atoms with Gasteiger partial charge in [-0.05, 0) is 25.0 Å². The number of benzene rings is 2. The van der Waals surface area contributed by atoms with E-state index in [1.165, 1.54) is 11.3 Å². The first kappa shape index (κ1) is 21.6. The summed E-state index contributed by atoms with van der Waals surface area (Å²) in [5.41, 5.74) is 3.10. The van der Waals surface area contributed by atoms with Crippen LogP contribution in [0.2, 0.25) is 0 Å². The van der Waals surface area contributed by atoms with Crippen LogP contribution in [-0.4, -0.2) is 40.0 Å². The average molecular weight is 423 g/mol. The first-order chi connectivity index (χ1) is 14.5. The van der Waals surface area contributed by atoms with Gasteiger partial charge in [-0.15, -0.1) is 10.2 Å². The Kier molecular flexibility index (Phi) is 7.68. The molecule has 1 N–H and O–H groups in total. The minimum atomic E-state index is -0.171. The van der Waals surface area contributed by atoms with E-state index in [1.54, 1.807) is 4.90 Å². The molecule has 0 fully saturated rings. The van der Waals surface area contributed by atoms with Crippen LogP contribution in [0.4, 0.5) is 5.13 Å². The number of rotatable bonds is 9. The fraction of sp³-hybridized carbons (Fsp3) is 0.304. The van der Waals surface area contributed by atoms with Crippen molar-refractivity contribution in [2.24, 2.45) is 0 Å². The van der Waals surface area contributed by atoms with E-state index in [0.717, 1.165) is 28.1 Å². The van der Waals surface area contributed by atoms with Crippen molar-refractivity contribution in [1.29, 1.82) is 0 Å². The van der Waals surface area contributed by atoms with Crippen LogP contribution in [0.15, 0.2) is 54.6 Å². The maximum absolute atomic E-state index is 12.6. The zero-order valence-corrected chi connectivity index (χ0v) is 18.1. The molecule has 0 aliphatic carbocycles. The molecule has 0 aliphatic rings. The summed E-state index contributed by atoms with van der Waals surface area (Å²) in [6, 6.07) is 17.7. The summed E-state index contributed by atoms with van der Waals surface area (Å²) in [6.45, 7) is 5.06. The van der Waals surface area contributed by atoms with E-state index in [2.05, 4.69) is 15.5 Å². The summed E-state index contributed by atoms with van der Waals surface area (Å²) in [5.74, 6) is -0.135. The second-order valence-corrected chi connectivity index (χ2v) is 8.10. The minimum Gasteiger partial charge on any atom is -0.342 e. The third-order valence-electron chi connectivity index (χ3n) is 4.59. The van der Waals surface area contributed by atoms with Crippen molar-refractivity contribution in [3.8, 4) is 10.6 Å². The molecule has 1 heterocycles. The van der Waals surface area contributed by atoms with Crippen LogP contribution < -0.4 is 5.32 Å². The fourth-order valence-corrected chi connectivity index (χ4v) is 3.86. The van der Waals surface area contributed by atoms with Crippen LogP contribution in [0.3, 0.4) is 0 Å². The number of amides is 2. The lowest BCUT2D eigenvalue weighted by Crippen LogP contribution is -2.35. The zero-order valence-electron chi connectivity index (χ0n) is 17.3. The van der Waals surface area contributed by atoms with E-state index in [0.29, 0.717) is 24.6 Å². The van der Waals surface area contributed by atoms with Gasteiger partial charge in [0.05, 0.1) is 6.42 Å². The van der Waals surface area contributed by atoms with Crippen molar-refractivity contribution >= 4 is 28.3 Å². The molecule has 156 valence electrons. The van der Waals surface area contributed by atoms with Gasteiger partial charge in [-0.3, -0.25) is 9.59 Å². The van der Waals surface area contributed by atoms with Gasteiger partial charge in [0.25, 0.3) is 0 Å². The predicted molar refractivity (Wildman–Crippen MR) is 120 cm³/mol. The van der Waals surface area contributed by atoms with E-state index in [-0.39, 0.29) is 18.2 Å². The van der Waals surface area contributed by atoms with Crippen LogP contribution in [0, 0.1) is 6.92 Å². The quantitative estimate of drug-likeness (QED) is 0.557. The van der Waals surface area contributed by atoms with Crippen LogP contribution in [0.1, 0.15) is 30.9 Å². The molecule has 0 saturated carbocycles. The van der Waals surface area contributed by atoms with E-state index >= 15 is 0 Å². The Morgan fingerprint density at radius 1 is 1.03 bits per heavy atom. The van der Waals surface area contributed by atoms with Crippen LogP contribution in [0.5, 0.6) is 0 Å². The Bertz CT molecular complexity index is 988. The van der Waals surface area contributed by atoms with Gasteiger partial charge in [0.15, 0.2) is 0 Å². The molecule has 0 saturated heterocycles. The molecule has 3 rings (SSSR count). The molecule has 30 heavy (non-hydrogen) atoms. The predicted octanol–water partition coefficient (Wildman–Crippen LogP) is 4.32. The molecule has 0 spiro atoms. The lowest BCUT2D eigenvalue weighted by atomic mass is 10.1. The van der Waals surface area contributed by atoms with Gasteiger partial charge in [-0.25, -0.2) is 0 Å². The number of hydrogen-bond acceptors (Lipinski definition) is 5. The standard InChI is InChI=1S/C23H26N4O2S/c1-3-13-27(21(29)16-18-9-5-4-6-10-18)14-12-20(28)24-23-26-25-22(30-23)19-11-7-8-17(2)15-19/h4-11,15H,3,12-14,16H2,1-2H3,(H,24,26,28). The third-order valence-corrected chi connectivity index (χ3v) is 5.48. The summed E-state index contributed by atoms with van der Waals surface area (Å²) in [7, 11) is 0. The highest BCUT2D eigenvalue weighted by molar-refractivity contribution is 7.18. The molecule has 2 aromatic carbocycles. The van der Waals surface area contributed by atoms with Crippen LogP contribution in [0.25, 0.3) is 10.6 Å². The highest BCUT2D eigenvalue weighted by Gasteiger charge is 2.16. The van der Waals surface area contributed by atoms with E-state index < -0.39 is 0 Å². The maximum atomic E-state index is 12.6. The molecule has 0 atom stereocenters. The number of carbonyl (C=O) groups is 2. The lowest BCUT2D eigenvalue weighted by molar-refractivity contribution is -0.131. The molecule has 7 heteroatoms. The van der Waals surface area contributed by atoms with Gasteiger partial charge in [-0.1, -0.05) is 72.4 Å².